The number of methoxy groups -OCH3 is 1. The Hall–Kier alpha value is 0.540. The van der Waals surface area contributed by atoms with Crippen LogP contribution in [-0.2, 0) is 38.0 Å². The van der Waals surface area contributed by atoms with E-state index in [0.29, 0.717) is 6.42 Å². The van der Waals surface area contributed by atoms with Gasteiger partial charge in [-0.2, -0.15) is 0 Å². The van der Waals surface area contributed by atoms with E-state index in [1.165, 1.54) is 7.11 Å². The summed E-state index contributed by atoms with van der Waals surface area (Å²) in [5.74, 6) is -4.19. The average molecular weight is 570 g/mol. The van der Waals surface area contributed by atoms with Crippen molar-refractivity contribution in [3.05, 3.63) is 0 Å². The van der Waals surface area contributed by atoms with Crippen LogP contribution >= 0.6 is 0 Å². The molecule has 2 aliphatic heterocycles. The maximum Gasteiger partial charge on any atom is 1.00 e. The molecule has 16 heteroatoms. The van der Waals surface area contributed by atoms with Crippen LogP contribution in [0.2, 0.25) is 0 Å². The number of aliphatic hydroxyl groups excluding tert-OH is 4. The van der Waals surface area contributed by atoms with Gasteiger partial charge in [0.15, 0.2) is 0 Å². The Morgan fingerprint density at radius 3 is 1.53 bits per heavy atom. The van der Waals surface area contributed by atoms with Crippen molar-refractivity contribution in [3.63, 3.8) is 0 Å². The second-order valence-electron chi connectivity index (χ2n) is 8.89. The van der Waals surface area contributed by atoms with Crippen LogP contribution in [0.1, 0.15) is 13.3 Å². The number of rotatable bonds is 15. The van der Waals surface area contributed by atoms with Crippen LogP contribution in [0.15, 0.2) is 0 Å². The molecule has 0 bridgehead atoms. The minimum Gasteiger partial charge on any atom is -0.548 e. The predicted octanol–water partition coefficient (Wildman–Crippen LogP) is -11.2. The van der Waals surface area contributed by atoms with Gasteiger partial charge in [-0.25, -0.2) is 0 Å². The van der Waals surface area contributed by atoms with Crippen molar-refractivity contribution in [2.75, 3.05) is 53.4 Å². The van der Waals surface area contributed by atoms with E-state index >= 15 is 0 Å². The van der Waals surface area contributed by atoms with Gasteiger partial charge in [0.2, 0.25) is 0 Å². The molecule has 0 aromatic heterocycles. The summed E-state index contributed by atoms with van der Waals surface area (Å²) >= 11 is 0. The zero-order valence-corrected chi connectivity index (χ0v) is 26.3. The van der Waals surface area contributed by atoms with Gasteiger partial charge in [-0.05, 0) is 6.42 Å². The van der Waals surface area contributed by atoms with Gasteiger partial charge in [-0.15, -0.1) is 0 Å². The number of hydrogen-bond donors (Lipinski definition) is 4. The molecule has 4 N–H and O–H groups in total. The SMILES string of the molecule is CC[C@H]1C(COCC(=O)[O-])O[C@@H](COC[C@H]2C(O)C(O)[C@@H](COC)O[C@H]2COCC(=O)[O-])C(O)[C@H]1O.[Na+].[Na+]. The summed E-state index contributed by atoms with van der Waals surface area (Å²) in [7, 11) is 1.39. The Morgan fingerprint density at radius 1 is 0.658 bits per heavy atom. The van der Waals surface area contributed by atoms with Crippen LogP contribution < -0.4 is 69.3 Å². The van der Waals surface area contributed by atoms with Crippen molar-refractivity contribution >= 4 is 11.9 Å². The number of aliphatic hydroxyl groups is 4. The molecule has 2 heterocycles. The summed E-state index contributed by atoms with van der Waals surface area (Å²) in [5, 5.41) is 63.4. The molecule has 210 valence electrons. The van der Waals surface area contributed by atoms with E-state index in [1.807, 2.05) is 0 Å². The molecule has 2 rings (SSSR count). The summed E-state index contributed by atoms with van der Waals surface area (Å²) < 4.78 is 32.3. The van der Waals surface area contributed by atoms with E-state index < -0.39 is 85.8 Å². The van der Waals surface area contributed by atoms with Crippen LogP contribution in [0.25, 0.3) is 0 Å². The van der Waals surface area contributed by atoms with E-state index in [4.69, 9.17) is 28.4 Å². The first-order valence-corrected chi connectivity index (χ1v) is 11.8. The molecule has 0 aliphatic carbocycles. The molecule has 38 heavy (non-hydrogen) atoms. The Kier molecular flexibility index (Phi) is 19.9. The summed E-state index contributed by atoms with van der Waals surface area (Å²) in [4.78, 5) is 21.3. The maximum absolute atomic E-state index is 10.7. The average Bonchev–Trinajstić information content (AvgIpc) is 2.81. The van der Waals surface area contributed by atoms with Gasteiger partial charge < -0.3 is 68.6 Å². The fourth-order valence-electron chi connectivity index (χ4n) is 4.51. The number of ether oxygens (including phenoxy) is 6. The van der Waals surface area contributed by atoms with Crippen LogP contribution in [-0.4, -0.2) is 135 Å². The third-order valence-corrected chi connectivity index (χ3v) is 6.39. The Bertz CT molecular complexity index is 688. The van der Waals surface area contributed by atoms with Gasteiger partial charge in [-0.3, -0.25) is 0 Å². The smallest absolute Gasteiger partial charge is 0.548 e. The van der Waals surface area contributed by atoms with Crippen molar-refractivity contribution in [1.29, 1.82) is 0 Å². The van der Waals surface area contributed by atoms with Crippen LogP contribution in [0, 0.1) is 11.8 Å². The second kappa shape index (κ2) is 19.6. The maximum atomic E-state index is 10.7. The van der Waals surface area contributed by atoms with E-state index in [0.717, 1.165) is 0 Å². The fraction of sp³-hybridized carbons (Fsp3) is 0.909. The molecule has 2 aliphatic rings. The molecule has 0 spiro atoms. The molecule has 0 radical (unpaired) electrons. The van der Waals surface area contributed by atoms with Gasteiger partial charge in [0.1, 0.15) is 24.4 Å². The quantitative estimate of drug-likeness (QED) is 0.135. The van der Waals surface area contributed by atoms with Crippen molar-refractivity contribution < 1.29 is 128 Å². The zero-order chi connectivity index (χ0) is 26.8. The van der Waals surface area contributed by atoms with Gasteiger partial charge in [0.25, 0.3) is 0 Å². The first kappa shape index (κ1) is 38.5. The topological polar surface area (TPSA) is 217 Å². The molecule has 0 aromatic rings. The van der Waals surface area contributed by atoms with Crippen molar-refractivity contribution in [1.82, 2.24) is 0 Å². The minimum atomic E-state index is -1.43. The van der Waals surface area contributed by atoms with E-state index in [-0.39, 0.29) is 92.1 Å². The zero-order valence-electron chi connectivity index (χ0n) is 22.3. The number of carbonyl (C=O) groups excluding carboxylic acids is 2. The third kappa shape index (κ3) is 11.4. The third-order valence-electron chi connectivity index (χ3n) is 6.39. The number of carbonyl (C=O) groups is 2. The molecule has 2 saturated heterocycles. The molecule has 0 aromatic carbocycles. The van der Waals surface area contributed by atoms with Crippen LogP contribution in [0.3, 0.4) is 0 Å². The summed E-state index contributed by atoms with van der Waals surface area (Å²) in [5.41, 5.74) is 0. The van der Waals surface area contributed by atoms with Gasteiger partial charge >= 0.3 is 59.1 Å². The Balaban J connectivity index is 0.00000684. The molecule has 2 fully saturated rings. The Labute approximate surface area is 265 Å². The Morgan fingerprint density at radius 2 is 1.08 bits per heavy atom. The molecule has 14 nitrogen and oxygen atoms in total. The van der Waals surface area contributed by atoms with E-state index in [9.17, 15) is 40.2 Å². The number of hydrogen-bond acceptors (Lipinski definition) is 14. The molecule has 0 saturated carbocycles. The van der Waals surface area contributed by atoms with Gasteiger partial charge in [0.05, 0.1) is 82.6 Å². The normalized spacial score (nSPS) is 35.1. The summed E-state index contributed by atoms with van der Waals surface area (Å²) in [6, 6.07) is 0. The summed E-state index contributed by atoms with van der Waals surface area (Å²) in [6.07, 6.45) is -8.15. The largest absolute Gasteiger partial charge is 1.00 e. The molecule has 0 amide bonds. The first-order valence-electron chi connectivity index (χ1n) is 11.8. The second-order valence-corrected chi connectivity index (χ2v) is 8.89. The number of carboxylic acids is 2. The standard InChI is InChI=1S/C22H38O14.2Na/c1-3-11-13(6-33-9-17(23)24)35-16(22(30)19(11)27)8-32-4-12-14(7-34-10-18(25)26)36-15(5-31-2)21(29)20(12)28;;/h11-16,19-22,27-30H,3-10H2,1-2H3,(H,23,24)(H,25,26);;/q;2*+1/p-2/t11-,12+,13?,14-,15+,16-,19-,20?,21?,22?;;/m0../s1. The predicted molar refractivity (Wildman–Crippen MR) is 113 cm³/mol. The fourth-order valence-corrected chi connectivity index (χ4v) is 4.51. The molecular weight excluding hydrogens is 534 g/mol. The van der Waals surface area contributed by atoms with Crippen molar-refractivity contribution in [3.8, 4) is 0 Å². The monoisotopic (exact) mass is 570 g/mol. The first-order chi connectivity index (χ1) is 17.1. The van der Waals surface area contributed by atoms with E-state index in [2.05, 4.69) is 0 Å². The van der Waals surface area contributed by atoms with Crippen molar-refractivity contribution in [2.45, 2.75) is 62.2 Å². The molecule has 10 atom stereocenters. The van der Waals surface area contributed by atoms with Gasteiger partial charge in [0, 0.05) is 18.9 Å². The molecule has 4 unspecified atom stereocenters. The van der Waals surface area contributed by atoms with Crippen LogP contribution in [0.4, 0.5) is 0 Å². The van der Waals surface area contributed by atoms with Gasteiger partial charge in [-0.1, -0.05) is 6.92 Å². The summed E-state index contributed by atoms with van der Waals surface area (Å²) in [6.45, 7) is -0.382. The van der Waals surface area contributed by atoms with Crippen molar-refractivity contribution in [2.24, 2.45) is 11.8 Å². The number of aliphatic carboxylic acids is 2. The van der Waals surface area contributed by atoms with Crippen LogP contribution in [0.5, 0.6) is 0 Å². The molecular formula is C22H36Na2O14. The minimum absolute atomic E-state index is 0. The number of carboxylic acid groups (broad SMARTS) is 2. The van der Waals surface area contributed by atoms with E-state index in [1.54, 1.807) is 6.92 Å².